The Bertz CT molecular complexity index is 400. The third-order valence-electron chi connectivity index (χ3n) is 5.66. The Morgan fingerprint density at radius 3 is 2.00 bits per heavy atom. The molecule has 1 aliphatic heterocycles. The molecule has 0 aromatic rings. The number of hydroxylamine groups is 2. The van der Waals surface area contributed by atoms with Crippen molar-refractivity contribution < 1.29 is 19.5 Å². The molecule has 1 saturated heterocycles. The highest BCUT2D eigenvalue weighted by Crippen LogP contribution is 2.26. The summed E-state index contributed by atoms with van der Waals surface area (Å²) in [6.07, 6.45) is 17.3. The van der Waals surface area contributed by atoms with Crippen molar-refractivity contribution >= 4 is 5.97 Å². The molecule has 0 aromatic heterocycles. The summed E-state index contributed by atoms with van der Waals surface area (Å²) >= 11 is 0. The van der Waals surface area contributed by atoms with Gasteiger partial charge in [0.25, 0.3) is 0 Å². The van der Waals surface area contributed by atoms with Crippen LogP contribution in [0.1, 0.15) is 117 Å². The summed E-state index contributed by atoms with van der Waals surface area (Å²) in [4.78, 5) is 16.9. The normalized spacial score (nSPS) is 17.8. The maximum Gasteiger partial charge on any atom is 0.303 e. The first-order chi connectivity index (χ1) is 13.5. The Kier molecular flexibility index (Phi) is 13.8. The van der Waals surface area contributed by atoms with Crippen LogP contribution < -0.4 is 0 Å². The molecule has 0 bridgehead atoms. The van der Waals surface area contributed by atoms with Crippen LogP contribution in [0.4, 0.5) is 0 Å². The Hall–Kier alpha value is -0.650. The quantitative estimate of drug-likeness (QED) is 0.274. The fourth-order valence-electron chi connectivity index (χ4n) is 3.74. The van der Waals surface area contributed by atoms with Crippen LogP contribution in [-0.2, 0) is 14.4 Å². The Balaban J connectivity index is 2.23. The molecule has 1 N–H and O–H groups in total. The van der Waals surface area contributed by atoms with Gasteiger partial charge in [0.2, 0.25) is 0 Å². The number of hydrogen-bond acceptors (Lipinski definition) is 4. The third-order valence-corrected chi connectivity index (χ3v) is 5.66. The Morgan fingerprint density at radius 2 is 1.50 bits per heavy atom. The van der Waals surface area contributed by atoms with Crippen molar-refractivity contribution in [2.75, 3.05) is 13.3 Å². The molecule has 1 unspecified atom stereocenters. The summed E-state index contributed by atoms with van der Waals surface area (Å²) in [5.41, 5.74) is -0.0382. The predicted molar refractivity (Wildman–Crippen MR) is 114 cm³/mol. The number of ether oxygens (including phenoxy) is 1. The van der Waals surface area contributed by atoms with Crippen LogP contribution in [0.25, 0.3) is 0 Å². The lowest BCUT2D eigenvalue weighted by Crippen LogP contribution is -2.42. The fourth-order valence-corrected chi connectivity index (χ4v) is 3.74. The van der Waals surface area contributed by atoms with E-state index in [0.29, 0.717) is 19.3 Å². The summed E-state index contributed by atoms with van der Waals surface area (Å²) in [7, 11) is 0. The highest BCUT2D eigenvalue weighted by atomic mass is 16.7. The number of aliphatic carboxylic acids is 1. The van der Waals surface area contributed by atoms with Crippen LogP contribution in [0.15, 0.2) is 0 Å². The second-order valence-electron chi connectivity index (χ2n) is 9.01. The Labute approximate surface area is 173 Å². The zero-order chi connectivity index (χ0) is 20.7. The molecule has 0 radical (unpaired) electrons. The van der Waals surface area contributed by atoms with Crippen molar-refractivity contribution in [3.63, 3.8) is 0 Å². The maximum absolute atomic E-state index is 10.5. The lowest BCUT2D eigenvalue weighted by Gasteiger charge is -2.32. The first-order valence-electron chi connectivity index (χ1n) is 11.7. The maximum atomic E-state index is 10.5. The molecule has 1 fully saturated rings. The second kappa shape index (κ2) is 15.2. The number of carboxylic acids is 1. The highest BCUT2D eigenvalue weighted by Gasteiger charge is 2.35. The van der Waals surface area contributed by atoms with E-state index in [1.165, 1.54) is 57.8 Å². The number of carbonyl (C=O) groups is 1. The van der Waals surface area contributed by atoms with Crippen LogP contribution >= 0.6 is 0 Å². The largest absolute Gasteiger partial charge is 0.481 e. The predicted octanol–water partition coefficient (Wildman–Crippen LogP) is 6.31. The van der Waals surface area contributed by atoms with Gasteiger partial charge in [0.05, 0.1) is 18.2 Å². The summed E-state index contributed by atoms with van der Waals surface area (Å²) in [6, 6.07) is 0. The molecule has 0 aliphatic carbocycles. The van der Waals surface area contributed by atoms with Gasteiger partial charge in [0.1, 0.15) is 6.73 Å². The second-order valence-corrected chi connectivity index (χ2v) is 9.01. The molecule has 0 spiro atoms. The van der Waals surface area contributed by atoms with E-state index in [1.54, 1.807) is 0 Å². The van der Waals surface area contributed by atoms with Gasteiger partial charge in [-0.3, -0.25) is 9.63 Å². The van der Waals surface area contributed by atoms with E-state index >= 15 is 0 Å². The monoisotopic (exact) mass is 399 g/mol. The van der Waals surface area contributed by atoms with Gasteiger partial charge in [0.15, 0.2) is 0 Å². The van der Waals surface area contributed by atoms with Gasteiger partial charge in [-0.1, -0.05) is 77.6 Å². The zero-order valence-electron chi connectivity index (χ0n) is 18.7. The number of hydrogen-bond donors (Lipinski definition) is 1. The molecule has 0 saturated carbocycles. The molecule has 5 nitrogen and oxygen atoms in total. The first-order valence-corrected chi connectivity index (χ1v) is 11.7. The number of rotatable bonds is 18. The molecule has 0 amide bonds. The molecule has 166 valence electrons. The van der Waals surface area contributed by atoms with Crippen molar-refractivity contribution in [3.8, 4) is 0 Å². The molecule has 1 rings (SSSR count). The average molecular weight is 400 g/mol. The van der Waals surface area contributed by atoms with Crippen molar-refractivity contribution in [3.05, 3.63) is 0 Å². The molecular weight excluding hydrogens is 354 g/mol. The van der Waals surface area contributed by atoms with Gasteiger partial charge < -0.3 is 9.84 Å². The number of nitrogens with zero attached hydrogens (tertiary/aromatic N) is 1. The minimum absolute atomic E-state index is 0.0382. The van der Waals surface area contributed by atoms with Gasteiger partial charge in [-0.25, -0.2) is 0 Å². The van der Waals surface area contributed by atoms with Crippen molar-refractivity contribution in [2.24, 2.45) is 0 Å². The van der Waals surface area contributed by atoms with Gasteiger partial charge in [-0.2, -0.15) is 5.06 Å². The minimum Gasteiger partial charge on any atom is -0.481 e. The van der Waals surface area contributed by atoms with E-state index in [4.69, 9.17) is 14.7 Å². The summed E-state index contributed by atoms with van der Waals surface area (Å²) in [5, 5.41) is 10.7. The zero-order valence-corrected chi connectivity index (χ0v) is 18.7. The van der Waals surface area contributed by atoms with Crippen molar-refractivity contribution in [1.29, 1.82) is 0 Å². The fraction of sp³-hybridized carbons (Fsp3) is 0.957. The van der Waals surface area contributed by atoms with Crippen LogP contribution in [0.2, 0.25) is 0 Å². The average Bonchev–Trinajstić information content (AvgIpc) is 2.97. The minimum atomic E-state index is -0.677. The van der Waals surface area contributed by atoms with E-state index < -0.39 is 5.97 Å². The molecule has 0 aromatic carbocycles. The number of carboxylic acid groups (broad SMARTS) is 1. The van der Waals surface area contributed by atoms with Crippen molar-refractivity contribution in [2.45, 2.75) is 129 Å². The standard InChI is InChI=1S/C23H45NO4/c1-4-5-6-7-10-13-16-21(28-24-20-27-19-23(24,2)3)17-14-11-8-9-12-15-18-22(25)26/h21H,4-20H2,1-3H3,(H,25,26). The van der Waals surface area contributed by atoms with Crippen molar-refractivity contribution in [1.82, 2.24) is 5.06 Å². The molecule has 5 heteroatoms. The molecule has 1 aliphatic rings. The van der Waals surface area contributed by atoms with Crippen LogP contribution in [0.5, 0.6) is 0 Å². The third kappa shape index (κ3) is 12.0. The summed E-state index contributed by atoms with van der Waals surface area (Å²) in [5.74, 6) is -0.677. The molecular formula is C23H45NO4. The van der Waals surface area contributed by atoms with Gasteiger partial charge in [-0.15, -0.1) is 0 Å². The number of unbranched alkanes of at least 4 members (excludes halogenated alkanes) is 10. The van der Waals surface area contributed by atoms with E-state index in [-0.39, 0.29) is 5.54 Å². The van der Waals surface area contributed by atoms with E-state index in [0.717, 1.165) is 38.7 Å². The lowest BCUT2D eigenvalue weighted by atomic mass is 10.0. The van der Waals surface area contributed by atoms with Crippen LogP contribution in [-0.4, -0.2) is 41.1 Å². The molecule has 1 atom stereocenters. The first kappa shape index (κ1) is 25.4. The van der Waals surface area contributed by atoms with Crippen LogP contribution in [0, 0.1) is 0 Å². The SMILES string of the molecule is CCCCCCCCC(CCCCCCCCC(=O)O)ON1COCC1(C)C. The van der Waals surface area contributed by atoms with Crippen LogP contribution in [0.3, 0.4) is 0 Å². The van der Waals surface area contributed by atoms with Gasteiger partial charge >= 0.3 is 5.97 Å². The summed E-state index contributed by atoms with van der Waals surface area (Å²) < 4.78 is 5.60. The van der Waals surface area contributed by atoms with E-state index in [9.17, 15) is 4.79 Å². The summed E-state index contributed by atoms with van der Waals surface area (Å²) in [6.45, 7) is 7.92. The van der Waals surface area contributed by atoms with Gasteiger partial charge in [-0.05, 0) is 33.1 Å². The molecule has 28 heavy (non-hydrogen) atoms. The van der Waals surface area contributed by atoms with E-state index in [1.807, 2.05) is 5.06 Å². The smallest absolute Gasteiger partial charge is 0.303 e. The van der Waals surface area contributed by atoms with E-state index in [2.05, 4.69) is 20.8 Å². The Morgan fingerprint density at radius 1 is 0.964 bits per heavy atom. The topological polar surface area (TPSA) is 59.0 Å². The molecule has 1 heterocycles. The van der Waals surface area contributed by atoms with Gasteiger partial charge in [0, 0.05) is 6.42 Å². The lowest BCUT2D eigenvalue weighted by molar-refractivity contribution is -0.238. The highest BCUT2D eigenvalue weighted by molar-refractivity contribution is 5.66.